The minimum atomic E-state index is -1.33. The molecule has 11 atom stereocenters. The van der Waals surface area contributed by atoms with E-state index in [4.69, 9.17) is 0 Å². The standard InChI is InChI=1S/C45H55FN2O6/c1-25(10-15-39(52)53)32-13-14-33-41-34(22-38(51)44(32,33)5)43(4)18-19-45(54,23-30(43)21-37(41)50)17-16-29-12-11-28(20-35(29)46)24-47-42-31-8-6-7-9-36(31)48-26(2)40(42)27(3)49/h6-9,11-12,20,25,30,32-34,37-38,41,50-51,54H,10,13-15,18-19,21-24H2,1-5H3,(H,47,48)(H,52,53)/t25-,30?,32-,33?,34?,37?,38+,41?,43+,44-,45-/m1/s1. The van der Waals surface area contributed by atoms with E-state index in [0.717, 1.165) is 23.7 Å². The summed E-state index contributed by atoms with van der Waals surface area (Å²) in [5.41, 5.74) is 1.58. The van der Waals surface area contributed by atoms with Crippen molar-refractivity contribution in [2.24, 2.45) is 46.3 Å². The summed E-state index contributed by atoms with van der Waals surface area (Å²) >= 11 is 0. The Balaban J connectivity index is 1.05. The average molecular weight is 739 g/mol. The molecule has 288 valence electrons. The summed E-state index contributed by atoms with van der Waals surface area (Å²) in [6, 6.07) is 12.5. The lowest BCUT2D eigenvalue weighted by atomic mass is 9.42. The summed E-state index contributed by atoms with van der Waals surface area (Å²) < 4.78 is 15.5. The molecule has 4 aliphatic carbocycles. The van der Waals surface area contributed by atoms with Crippen LogP contribution >= 0.6 is 0 Å². The fourth-order valence-corrected chi connectivity index (χ4v) is 11.9. The van der Waals surface area contributed by atoms with Crippen molar-refractivity contribution in [1.82, 2.24) is 4.98 Å². The van der Waals surface area contributed by atoms with Crippen LogP contribution in [0.25, 0.3) is 10.9 Å². The molecular weight excluding hydrogens is 684 g/mol. The molecule has 4 saturated carbocycles. The van der Waals surface area contributed by atoms with Gasteiger partial charge in [-0.2, -0.15) is 0 Å². The maximum Gasteiger partial charge on any atom is 0.303 e. The number of hydrogen-bond donors (Lipinski definition) is 5. The van der Waals surface area contributed by atoms with E-state index in [1.807, 2.05) is 31.2 Å². The van der Waals surface area contributed by atoms with Gasteiger partial charge in [0.05, 0.1) is 40.2 Å². The number of aliphatic hydroxyl groups excluding tert-OH is 2. The highest BCUT2D eigenvalue weighted by molar-refractivity contribution is 6.08. The normalized spacial score (nSPS) is 34.9. The van der Waals surface area contributed by atoms with Gasteiger partial charge in [0.25, 0.3) is 0 Å². The van der Waals surface area contributed by atoms with Crippen molar-refractivity contribution in [2.45, 2.75) is 117 Å². The van der Waals surface area contributed by atoms with E-state index in [9.17, 15) is 30.0 Å². The van der Waals surface area contributed by atoms with E-state index in [2.05, 4.69) is 42.9 Å². The van der Waals surface area contributed by atoms with Crippen molar-refractivity contribution < 1.29 is 34.4 Å². The molecule has 2 aromatic carbocycles. The van der Waals surface area contributed by atoms with Crippen LogP contribution in [-0.4, -0.2) is 55.0 Å². The lowest BCUT2D eigenvalue weighted by molar-refractivity contribution is -0.211. The number of ketones is 1. The molecule has 0 saturated heterocycles. The third-order valence-corrected chi connectivity index (χ3v) is 14.8. The largest absolute Gasteiger partial charge is 0.481 e. The molecule has 54 heavy (non-hydrogen) atoms. The minimum Gasteiger partial charge on any atom is -0.481 e. The van der Waals surface area contributed by atoms with Crippen molar-refractivity contribution in [2.75, 3.05) is 5.32 Å². The zero-order valence-corrected chi connectivity index (χ0v) is 32.2. The number of para-hydroxylation sites is 1. The molecule has 0 amide bonds. The number of pyridine rings is 1. The van der Waals surface area contributed by atoms with Crippen LogP contribution in [0, 0.1) is 70.9 Å². The van der Waals surface area contributed by atoms with Gasteiger partial charge < -0.3 is 25.7 Å². The maximum atomic E-state index is 15.5. The van der Waals surface area contributed by atoms with Crippen LogP contribution in [0.2, 0.25) is 0 Å². The summed E-state index contributed by atoms with van der Waals surface area (Å²) in [6.45, 7) is 10.2. The number of carboxylic acids is 1. The maximum absolute atomic E-state index is 15.5. The van der Waals surface area contributed by atoms with Gasteiger partial charge in [-0.05, 0) is 135 Å². The van der Waals surface area contributed by atoms with Crippen molar-refractivity contribution in [3.63, 3.8) is 0 Å². The van der Waals surface area contributed by atoms with E-state index in [-0.39, 0.29) is 70.6 Å². The summed E-state index contributed by atoms with van der Waals surface area (Å²) in [4.78, 5) is 28.5. The first kappa shape index (κ1) is 38.4. The number of Topliss-reactive ketones (excluding diaryl/α,β-unsaturated/α-hetero) is 1. The Bertz CT molecular complexity index is 2020. The van der Waals surface area contributed by atoms with Gasteiger partial charge in [0.2, 0.25) is 0 Å². The van der Waals surface area contributed by atoms with Crippen LogP contribution in [0.15, 0.2) is 42.5 Å². The molecule has 0 bridgehead atoms. The van der Waals surface area contributed by atoms with Crippen molar-refractivity contribution in [1.29, 1.82) is 0 Å². The number of aryl methyl sites for hydroxylation is 1. The highest BCUT2D eigenvalue weighted by atomic mass is 19.1. The van der Waals surface area contributed by atoms with Crippen LogP contribution in [0.3, 0.4) is 0 Å². The number of aliphatic carboxylic acids is 1. The molecule has 4 fully saturated rings. The molecular formula is C45H55FN2O6. The van der Waals surface area contributed by atoms with Gasteiger partial charge in [0, 0.05) is 18.4 Å². The molecule has 1 aromatic heterocycles. The van der Waals surface area contributed by atoms with Gasteiger partial charge in [-0.15, -0.1) is 0 Å². The van der Waals surface area contributed by atoms with Gasteiger partial charge in [0.15, 0.2) is 5.78 Å². The number of anilines is 1. The van der Waals surface area contributed by atoms with E-state index >= 15 is 4.39 Å². The Morgan fingerprint density at radius 3 is 2.56 bits per heavy atom. The van der Waals surface area contributed by atoms with E-state index in [1.165, 1.54) is 13.0 Å². The lowest BCUT2D eigenvalue weighted by Crippen LogP contribution is -2.63. The first-order valence-electron chi connectivity index (χ1n) is 19.8. The molecule has 4 aliphatic rings. The van der Waals surface area contributed by atoms with E-state index in [1.54, 1.807) is 12.1 Å². The van der Waals surface area contributed by atoms with Crippen LogP contribution in [0.5, 0.6) is 0 Å². The molecule has 0 spiro atoms. The van der Waals surface area contributed by atoms with Gasteiger partial charge in [-0.25, -0.2) is 4.39 Å². The second kappa shape index (κ2) is 14.3. The summed E-state index contributed by atoms with van der Waals surface area (Å²) in [7, 11) is 0. The zero-order chi connectivity index (χ0) is 38.7. The van der Waals surface area contributed by atoms with Crippen molar-refractivity contribution >= 4 is 28.3 Å². The highest BCUT2D eigenvalue weighted by Crippen LogP contribution is 2.69. The number of carbonyl (C=O) groups is 2. The number of benzene rings is 2. The van der Waals surface area contributed by atoms with Gasteiger partial charge in [-0.1, -0.05) is 56.9 Å². The molecule has 5 unspecified atom stereocenters. The molecule has 7 rings (SSSR count). The topological polar surface area (TPSA) is 140 Å². The summed E-state index contributed by atoms with van der Waals surface area (Å²) in [5.74, 6) is 5.28. The number of carboxylic acid groups (broad SMARTS) is 1. The third kappa shape index (κ3) is 6.62. The smallest absolute Gasteiger partial charge is 0.303 e. The number of fused-ring (bicyclic) bond motifs is 6. The molecule has 0 aliphatic heterocycles. The second-order valence-corrected chi connectivity index (χ2v) is 17.7. The second-order valence-electron chi connectivity index (χ2n) is 17.7. The van der Waals surface area contributed by atoms with Crippen LogP contribution in [0.1, 0.15) is 113 Å². The quantitative estimate of drug-likeness (QED) is 0.117. The summed E-state index contributed by atoms with van der Waals surface area (Å²) in [6.07, 6.45) is 4.11. The average Bonchev–Trinajstić information content (AvgIpc) is 3.48. The Labute approximate surface area is 318 Å². The Morgan fingerprint density at radius 1 is 1.07 bits per heavy atom. The SMILES string of the molecule is CC(=O)c1c(C)nc2ccccc2c1NCc1ccc(C#C[C@@]2(O)CC[C@@]3(C)C(CC(O)C4C3C[C@H](O)[C@@]3(C)C4CC[C@@H]3[C@H](C)CCC(=O)O)C2)c(F)c1. The van der Waals surface area contributed by atoms with Gasteiger partial charge in [0.1, 0.15) is 11.4 Å². The number of rotatable bonds is 8. The summed E-state index contributed by atoms with van der Waals surface area (Å²) in [5, 5.41) is 49.0. The highest BCUT2D eigenvalue weighted by Gasteiger charge is 2.66. The van der Waals surface area contributed by atoms with Crippen LogP contribution in [0.4, 0.5) is 10.1 Å². The van der Waals surface area contributed by atoms with E-state index in [0.29, 0.717) is 61.0 Å². The third-order valence-electron chi connectivity index (χ3n) is 14.8. The molecule has 5 N–H and O–H groups in total. The first-order chi connectivity index (χ1) is 25.6. The predicted molar refractivity (Wildman–Crippen MR) is 206 cm³/mol. The van der Waals surface area contributed by atoms with E-state index < -0.39 is 29.6 Å². The molecule has 1 heterocycles. The number of aromatic nitrogens is 1. The lowest BCUT2D eigenvalue weighted by Gasteiger charge is -2.64. The zero-order valence-electron chi connectivity index (χ0n) is 32.2. The molecule has 3 aromatic rings. The molecule has 9 heteroatoms. The van der Waals surface area contributed by atoms with Crippen LogP contribution < -0.4 is 5.32 Å². The first-order valence-corrected chi connectivity index (χ1v) is 19.8. The van der Waals surface area contributed by atoms with Gasteiger partial charge >= 0.3 is 5.97 Å². The van der Waals surface area contributed by atoms with Gasteiger partial charge in [-0.3, -0.25) is 14.6 Å². The monoisotopic (exact) mass is 738 g/mol. The molecule has 8 nitrogen and oxygen atoms in total. The Kier molecular flexibility index (Phi) is 10.2. The predicted octanol–water partition coefficient (Wildman–Crippen LogP) is 7.68. The Hall–Kier alpha value is -3.84. The number of halogens is 1. The number of hydrogen-bond acceptors (Lipinski definition) is 7. The molecule has 0 radical (unpaired) electrons. The van der Waals surface area contributed by atoms with Crippen LogP contribution in [-0.2, 0) is 11.3 Å². The van der Waals surface area contributed by atoms with Crippen molar-refractivity contribution in [3.05, 3.63) is 70.7 Å². The fourth-order valence-electron chi connectivity index (χ4n) is 11.9. The van der Waals surface area contributed by atoms with Crippen molar-refractivity contribution in [3.8, 4) is 11.8 Å². The minimum absolute atomic E-state index is 0.00357. The Morgan fingerprint density at radius 2 is 1.83 bits per heavy atom. The number of nitrogens with zero attached hydrogens (tertiary/aromatic N) is 1. The number of aliphatic hydroxyl groups is 3. The number of nitrogens with one attached hydrogen (secondary N) is 1. The fraction of sp³-hybridized carbons (Fsp3) is 0.578. The number of carbonyl (C=O) groups excluding carboxylic acids is 1.